The van der Waals surface area contributed by atoms with E-state index in [1.54, 1.807) is 13.0 Å². The summed E-state index contributed by atoms with van der Waals surface area (Å²) >= 11 is 0. The van der Waals surface area contributed by atoms with Gasteiger partial charge in [-0.05, 0) is 55.9 Å². The van der Waals surface area contributed by atoms with Gasteiger partial charge in [0.1, 0.15) is 25.0 Å². The second kappa shape index (κ2) is 8.75. The number of aromatic nitrogens is 3. The predicted molar refractivity (Wildman–Crippen MR) is 98.3 cm³/mol. The highest BCUT2D eigenvalue weighted by atomic mass is 19.1. The molecule has 2 aromatic rings. The SMILES string of the molecule is Cc1cc(F)ccc1NC(=O)CCC1CCCN(C(=O)Cn2cncn2)C1. The van der Waals surface area contributed by atoms with E-state index in [0.717, 1.165) is 25.8 Å². The standard InChI is InChI=1S/C19H24FN5O2/c1-14-9-16(20)5-6-17(14)23-18(26)7-4-15-3-2-8-24(10-15)19(27)11-25-13-21-12-22-25/h5-6,9,12-13,15H,2-4,7-8,10-11H2,1H3,(H,23,26). The number of carbonyl (C=O) groups excluding carboxylic acids is 2. The van der Waals surface area contributed by atoms with Gasteiger partial charge in [0.25, 0.3) is 0 Å². The minimum absolute atomic E-state index is 0.0246. The topological polar surface area (TPSA) is 80.1 Å². The quantitative estimate of drug-likeness (QED) is 0.843. The van der Waals surface area contributed by atoms with Crippen LogP contribution < -0.4 is 5.32 Å². The largest absolute Gasteiger partial charge is 0.341 e. The monoisotopic (exact) mass is 373 g/mol. The van der Waals surface area contributed by atoms with E-state index in [1.165, 1.54) is 29.5 Å². The maximum Gasteiger partial charge on any atom is 0.244 e. The van der Waals surface area contributed by atoms with Gasteiger partial charge in [-0.25, -0.2) is 14.1 Å². The van der Waals surface area contributed by atoms with E-state index in [9.17, 15) is 14.0 Å². The molecule has 1 fully saturated rings. The van der Waals surface area contributed by atoms with E-state index in [-0.39, 0.29) is 24.2 Å². The first-order chi connectivity index (χ1) is 13.0. The number of hydrogen-bond donors (Lipinski definition) is 1. The third kappa shape index (κ3) is 5.35. The van der Waals surface area contributed by atoms with Gasteiger partial charge in [-0.3, -0.25) is 9.59 Å². The highest BCUT2D eigenvalue weighted by molar-refractivity contribution is 5.91. The fraction of sp³-hybridized carbons (Fsp3) is 0.474. The van der Waals surface area contributed by atoms with Crippen molar-refractivity contribution in [3.05, 3.63) is 42.2 Å². The lowest BCUT2D eigenvalue weighted by Gasteiger charge is -2.32. The minimum Gasteiger partial charge on any atom is -0.341 e. The van der Waals surface area contributed by atoms with Gasteiger partial charge in [0.15, 0.2) is 0 Å². The summed E-state index contributed by atoms with van der Waals surface area (Å²) in [6.45, 7) is 3.36. The number of hydrogen-bond acceptors (Lipinski definition) is 4. The Balaban J connectivity index is 1.46. The first-order valence-corrected chi connectivity index (χ1v) is 9.17. The van der Waals surface area contributed by atoms with E-state index in [4.69, 9.17) is 0 Å². The molecule has 0 spiro atoms. The lowest BCUT2D eigenvalue weighted by atomic mass is 9.93. The number of carbonyl (C=O) groups is 2. The Hall–Kier alpha value is -2.77. The molecule has 1 saturated heterocycles. The van der Waals surface area contributed by atoms with Crippen molar-refractivity contribution in [2.24, 2.45) is 5.92 Å². The van der Waals surface area contributed by atoms with Gasteiger partial charge in [-0.1, -0.05) is 0 Å². The number of nitrogens with one attached hydrogen (secondary N) is 1. The number of nitrogens with zero attached hydrogens (tertiary/aromatic N) is 4. The summed E-state index contributed by atoms with van der Waals surface area (Å²) in [6, 6.07) is 4.31. The molecule has 8 heteroatoms. The lowest BCUT2D eigenvalue weighted by Crippen LogP contribution is -2.41. The molecule has 0 aliphatic carbocycles. The van der Waals surface area contributed by atoms with Crippen molar-refractivity contribution < 1.29 is 14.0 Å². The zero-order valence-electron chi connectivity index (χ0n) is 15.4. The van der Waals surface area contributed by atoms with E-state index >= 15 is 0 Å². The molecule has 1 atom stereocenters. The number of anilines is 1. The van der Waals surface area contributed by atoms with Gasteiger partial charge in [-0.2, -0.15) is 5.10 Å². The third-order valence-corrected chi connectivity index (χ3v) is 4.88. The average Bonchev–Trinajstić information content (AvgIpc) is 3.15. The summed E-state index contributed by atoms with van der Waals surface area (Å²) < 4.78 is 14.7. The number of benzene rings is 1. The molecule has 1 N–H and O–H groups in total. The van der Waals surface area contributed by atoms with Gasteiger partial charge in [0.2, 0.25) is 11.8 Å². The molecule has 144 valence electrons. The van der Waals surface area contributed by atoms with Crippen molar-refractivity contribution in [2.45, 2.75) is 39.2 Å². The summed E-state index contributed by atoms with van der Waals surface area (Å²) in [5.74, 6) is -0.0748. The third-order valence-electron chi connectivity index (χ3n) is 4.88. The molecule has 27 heavy (non-hydrogen) atoms. The molecule has 0 bridgehead atoms. The number of amides is 2. The summed E-state index contributed by atoms with van der Waals surface area (Å²) in [6.07, 6.45) is 5.99. The van der Waals surface area contributed by atoms with Crippen LogP contribution in [0, 0.1) is 18.7 Å². The van der Waals surface area contributed by atoms with Gasteiger partial charge in [-0.15, -0.1) is 0 Å². The van der Waals surface area contributed by atoms with E-state index in [1.807, 2.05) is 4.90 Å². The summed E-state index contributed by atoms with van der Waals surface area (Å²) in [5, 5.41) is 6.80. The fourth-order valence-corrected chi connectivity index (χ4v) is 3.40. The van der Waals surface area contributed by atoms with E-state index in [0.29, 0.717) is 30.1 Å². The van der Waals surface area contributed by atoms with Crippen LogP contribution >= 0.6 is 0 Å². The number of halogens is 1. The molecule has 1 unspecified atom stereocenters. The smallest absolute Gasteiger partial charge is 0.244 e. The van der Waals surface area contributed by atoms with Crippen LogP contribution in [0.5, 0.6) is 0 Å². The molecule has 0 radical (unpaired) electrons. The minimum atomic E-state index is -0.316. The Morgan fingerprint density at radius 1 is 1.37 bits per heavy atom. The highest BCUT2D eigenvalue weighted by Gasteiger charge is 2.24. The van der Waals surface area contributed by atoms with Crippen molar-refractivity contribution in [1.82, 2.24) is 19.7 Å². The lowest BCUT2D eigenvalue weighted by molar-refractivity contribution is -0.133. The molecule has 0 saturated carbocycles. The van der Waals surface area contributed by atoms with Crippen LogP contribution in [0.4, 0.5) is 10.1 Å². The van der Waals surface area contributed by atoms with Crippen molar-refractivity contribution in [1.29, 1.82) is 0 Å². The number of aryl methyl sites for hydroxylation is 1. The molecular formula is C19H24FN5O2. The van der Waals surface area contributed by atoms with Crippen LogP contribution in [0.25, 0.3) is 0 Å². The Labute approximate surface area is 157 Å². The first kappa shape index (κ1) is 19.0. The second-order valence-corrected chi connectivity index (χ2v) is 6.99. The zero-order chi connectivity index (χ0) is 19.2. The van der Waals surface area contributed by atoms with E-state index in [2.05, 4.69) is 15.4 Å². The van der Waals surface area contributed by atoms with Gasteiger partial charge < -0.3 is 10.2 Å². The molecule has 1 aliphatic heterocycles. The molecule has 1 aliphatic rings. The highest BCUT2D eigenvalue weighted by Crippen LogP contribution is 2.22. The Morgan fingerprint density at radius 3 is 2.96 bits per heavy atom. The van der Waals surface area contributed by atoms with Gasteiger partial charge in [0.05, 0.1) is 0 Å². The van der Waals surface area contributed by atoms with Crippen molar-refractivity contribution >= 4 is 17.5 Å². The van der Waals surface area contributed by atoms with Crippen LogP contribution in [0.15, 0.2) is 30.9 Å². The van der Waals surface area contributed by atoms with Crippen LogP contribution in [0.1, 0.15) is 31.2 Å². The molecule has 2 heterocycles. The maximum absolute atomic E-state index is 13.1. The molecule has 1 aromatic heterocycles. The Kier molecular flexibility index (Phi) is 6.16. The van der Waals surface area contributed by atoms with Gasteiger partial charge >= 0.3 is 0 Å². The Morgan fingerprint density at radius 2 is 2.22 bits per heavy atom. The first-order valence-electron chi connectivity index (χ1n) is 9.17. The molecule has 3 rings (SSSR count). The summed E-state index contributed by atoms with van der Waals surface area (Å²) in [5.41, 5.74) is 1.33. The van der Waals surface area contributed by atoms with Crippen LogP contribution in [0.3, 0.4) is 0 Å². The van der Waals surface area contributed by atoms with E-state index < -0.39 is 0 Å². The van der Waals surface area contributed by atoms with Crippen LogP contribution in [-0.2, 0) is 16.1 Å². The average molecular weight is 373 g/mol. The number of likely N-dealkylation sites (tertiary alicyclic amines) is 1. The molecule has 2 amide bonds. The second-order valence-electron chi connectivity index (χ2n) is 6.99. The van der Waals surface area contributed by atoms with Crippen molar-refractivity contribution in [3.8, 4) is 0 Å². The number of rotatable bonds is 6. The summed E-state index contributed by atoms with van der Waals surface area (Å²) in [7, 11) is 0. The molecular weight excluding hydrogens is 349 g/mol. The van der Waals surface area contributed by atoms with Crippen molar-refractivity contribution in [3.63, 3.8) is 0 Å². The molecule has 1 aromatic carbocycles. The van der Waals surface area contributed by atoms with Gasteiger partial charge in [0, 0.05) is 25.2 Å². The van der Waals surface area contributed by atoms with Crippen LogP contribution in [-0.4, -0.2) is 44.6 Å². The van der Waals surface area contributed by atoms with Crippen LogP contribution in [0.2, 0.25) is 0 Å². The van der Waals surface area contributed by atoms with Crippen molar-refractivity contribution in [2.75, 3.05) is 18.4 Å². The summed E-state index contributed by atoms with van der Waals surface area (Å²) in [4.78, 5) is 30.3. The predicted octanol–water partition coefficient (Wildman–Crippen LogP) is 2.38. The fourth-order valence-electron chi connectivity index (χ4n) is 3.40. The molecule has 7 nitrogen and oxygen atoms in total. The maximum atomic E-state index is 13.1. The Bertz CT molecular complexity index is 793. The number of piperidine rings is 1. The zero-order valence-corrected chi connectivity index (χ0v) is 15.4. The normalized spacial score (nSPS) is 17.0.